The number of nitrogens with two attached hydrogens (primary N) is 3. The Labute approximate surface area is 241 Å². The number of rotatable bonds is 5. The molecule has 0 spiro atoms. The van der Waals surface area contributed by atoms with E-state index in [2.05, 4.69) is 11.5 Å². The summed E-state index contributed by atoms with van der Waals surface area (Å²) < 4.78 is 6.71. The Morgan fingerprint density at radius 2 is 1.90 bits per heavy atom. The number of para-hydroxylation sites is 1. The standard InChI is InChI=1S/C31H30N6O3S/c1-17-14-20(40-19-7-3-2-4-8-19)9-10-21(17)31(35)22-11-12-23(33)27-24(22)25(26(34)28(31)38)30(41-27)36-29(39)18-6-5-13-37(15-18)16-32/h2-4,7-12,14,18,26H,5-6,13,15,33-35H2,1H3,(H,36,39). The Bertz CT molecular complexity index is 1730. The van der Waals surface area contributed by atoms with Gasteiger partial charge in [-0.3, -0.25) is 9.59 Å². The average Bonchev–Trinajstić information content (AvgIpc) is 3.36. The molecule has 1 aliphatic heterocycles. The van der Waals surface area contributed by atoms with Crippen molar-refractivity contribution >= 4 is 43.8 Å². The van der Waals surface area contributed by atoms with E-state index in [0.717, 1.165) is 16.7 Å². The molecule has 1 aliphatic carbocycles. The van der Waals surface area contributed by atoms with Crippen LogP contribution in [0.2, 0.25) is 0 Å². The predicted molar refractivity (Wildman–Crippen MR) is 159 cm³/mol. The topological polar surface area (TPSA) is 160 Å². The SMILES string of the molecule is Cc1cc(Oc2ccccc2)ccc1C1(N)C(=O)C(N)c2c(NC(=O)C3CCCN(C#N)C3)sc3c(N)ccc1c23. The van der Waals surface area contributed by atoms with Crippen LogP contribution in [0.15, 0.2) is 60.7 Å². The first-order valence-electron chi connectivity index (χ1n) is 13.5. The number of nitrogen functional groups attached to an aromatic ring is 1. The van der Waals surface area contributed by atoms with Gasteiger partial charge < -0.3 is 32.2 Å². The van der Waals surface area contributed by atoms with Gasteiger partial charge in [0.1, 0.15) is 22.0 Å². The zero-order valence-electron chi connectivity index (χ0n) is 22.5. The molecule has 2 heterocycles. The summed E-state index contributed by atoms with van der Waals surface area (Å²) in [5.41, 5.74) is 21.6. The monoisotopic (exact) mass is 566 g/mol. The second-order valence-corrected chi connectivity index (χ2v) is 11.7. The summed E-state index contributed by atoms with van der Waals surface area (Å²) in [6.45, 7) is 2.89. The molecule has 6 rings (SSSR count). The molecule has 1 fully saturated rings. The largest absolute Gasteiger partial charge is 0.457 e. The first-order chi connectivity index (χ1) is 19.7. The van der Waals surface area contributed by atoms with Gasteiger partial charge in [-0.2, -0.15) is 5.26 Å². The smallest absolute Gasteiger partial charge is 0.229 e. The van der Waals surface area contributed by atoms with Crippen LogP contribution in [0.4, 0.5) is 10.7 Å². The summed E-state index contributed by atoms with van der Waals surface area (Å²) in [5, 5.41) is 13.5. The molecule has 3 atom stereocenters. The second-order valence-electron chi connectivity index (χ2n) is 10.7. The number of ether oxygens (including phenoxy) is 1. The van der Waals surface area contributed by atoms with Crippen molar-refractivity contribution in [3.8, 4) is 17.7 Å². The summed E-state index contributed by atoms with van der Waals surface area (Å²) in [6, 6.07) is 17.3. The molecule has 9 nitrogen and oxygen atoms in total. The number of likely N-dealkylation sites (tertiary alicyclic amines) is 1. The third kappa shape index (κ3) is 4.39. The summed E-state index contributed by atoms with van der Waals surface area (Å²) in [6.07, 6.45) is 3.56. The molecule has 1 amide bonds. The highest BCUT2D eigenvalue weighted by Gasteiger charge is 2.49. The Morgan fingerprint density at radius 1 is 1.15 bits per heavy atom. The van der Waals surface area contributed by atoms with Crippen LogP contribution in [-0.2, 0) is 15.1 Å². The van der Waals surface area contributed by atoms with E-state index in [1.807, 2.05) is 49.4 Å². The molecule has 2 aliphatic rings. The first-order valence-corrected chi connectivity index (χ1v) is 14.3. The molecule has 3 unspecified atom stereocenters. The van der Waals surface area contributed by atoms with E-state index < -0.39 is 11.6 Å². The number of carbonyl (C=O) groups is 2. The number of piperidine rings is 1. The van der Waals surface area contributed by atoms with Crippen LogP contribution in [0.5, 0.6) is 11.5 Å². The number of thiophene rings is 1. The fourth-order valence-corrected chi connectivity index (χ4v) is 7.22. The molecule has 1 aromatic heterocycles. The van der Waals surface area contributed by atoms with Gasteiger partial charge in [0.15, 0.2) is 12.0 Å². The molecular formula is C31H30N6O3S. The van der Waals surface area contributed by atoms with E-state index in [1.54, 1.807) is 23.1 Å². The molecule has 0 saturated carbocycles. The Hall–Kier alpha value is -4.43. The van der Waals surface area contributed by atoms with Crippen molar-refractivity contribution in [2.75, 3.05) is 24.1 Å². The van der Waals surface area contributed by atoms with Gasteiger partial charge in [0.25, 0.3) is 0 Å². The molecular weight excluding hydrogens is 536 g/mol. The lowest BCUT2D eigenvalue weighted by molar-refractivity contribution is -0.125. The van der Waals surface area contributed by atoms with E-state index in [-0.39, 0.29) is 17.6 Å². The minimum absolute atomic E-state index is 0.207. The van der Waals surface area contributed by atoms with Crippen LogP contribution in [0.25, 0.3) is 10.1 Å². The van der Waals surface area contributed by atoms with Gasteiger partial charge in [-0.05, 0) is 66.8 Å². The number of anilines is 2. The summed E-state index contributed by atoms with van der Waals surface area (Å²) >= 11 is 1.29. The highest BCUT2D eigenvalue weighted by atomic mass is 32.1. The number of amides is 1. The second kappa shape index (κ2) is 10.2. The minimum Gasteiger partial charge on any atom is -0.457 e. The van der Waals surface area contributed by atoms with Crippen LogP contribution in [0.3, 0.4) is 0 Å². The number of nitrogens with zero attached hydrogens (tertiary/aromatic N) is 2. The molecule has 10 heteroatoms. The molecule has 3 aromatic carbocycles. The van der Waals surface area contributed by atoms with Gasteiger partial charge in [-0.15, -0.1) is 11.3 Å². The Balaban J connectivity index is 1.41. The maximum atomic E-state index is 14.1. The van der Waals surface area contributed by atoms with Crippen LogP contribution in [-0.4, -0.2) is 29.7 Å². The average molecular weight is 567 g/mol. The molecule has 1 saturated heterocycles. The van der Waals surface area contributed by atoms with Crippen molar-refractivity contribution in [3.05, 3.63) is 82.9 Å². The maximum Gasteiger partial charge on any atom is 0.229 e. The first kappa shape index (κ1) is 26.8. The zero-order chi connectivity index (χ0) is 28.9. The number of benzene rings is 3. The fourth-order valence-electron chi connectivity index (χ4n) is 6.01. The fraction of sp³-hybridized carbons (Fsp3) is 0.258. The molecule has 4 aromatic rings. The lowest BCUT2D eigenvalue weighted by Gasteiger charge is -2.37. The third-order valence-electron chi connectivity index (χ3n) is 8.09. The van der Waals surface area contributed by atoms with Crippen molar-refractivity contribution in [2.45, 2.75) is 31.3 Å². The molecule has 0 radical (unpaired) electrons. The van der Waals surface area contributed by atoms with E-state index >= 15 is 0 Å². The number of nitrogens with one attached hydrogen (secondary N) is 1. The number of ketones is 1. The highest BCUT2D eigenvalue weighted by molar-refractivity contribution is 7.24. The molecule has 208 valence electrons. The van der Waals surface area contributed by atoms with E-state index in [9.17, 15) is 14.9 Å². The van der Waals surface area contributed by atoms with Crippen LogP contribution < -0.4 is 27.3 Å². The van der Waals surface area contributed by atoms with Crippen molar-refractivity contribution < 1.29 is 14.3 Å². The van der Waals surface area contributed by atoms with Gasteiger partial charge in [0.05, 0.1) is 16.7 Å². The van der Waals surface area contributed by atoms with E-state index in [4.69, 9.17) is 21.9 Å². The number of nitriles is 1. The van der Waals surface area contributed by atoms with Crippen molar-refractivity contribution in [3.63, 3.8) is 0 Å². The van der Waals surface area contributed by atoms with Gasteiger partial charge >= 0.3 is 0 Å². The van der Waals surface area contributed by atoms with Crippen molar-refractivity contribution in [1.82, 2.24) is 4.90 Å². The van der Waals surface area contributed by atoms with Crippen LogP contribution in [0.1, 0.15) is 41.1 Å². The summed E-state index contributed by atoms with van der Waals surface area (Å²) in [4.78, 5) is 29.0. The van der Waals surface area contributed by atoms with Gasteiger partial charge in [-0.25, -0.2) is 0 Å². The van der Waals surface area contributed by atoms with Crippen LogP contribution >= 0.6 is 11.3 Å². The highest BCUT2D eigenvalue weighted by Crippen LogP contribution is 2.52. The van der Waals surface area contributed by atoms with Gasteiger partial charge in [0.2, 0.25) is 5.91 Å². The number of aryl methyl sites for hydroxylation is 1. The van der Waals surface area contributed by atoms with Crippen molar-refractivity contribution in [2.24, 2.45) is 17.4 Å². The summed E-state index contributed by atoms with van der Waals surface area (Å²) in [5.74, 6) is 0.389. The number of carbonyl (C=O) groups excluding carboxylic acids is 2. The number of Topliss-reactive ketones (excluding diaryl/α,β-unsaturated/α-hetero) is 1. The number of hydrogen-bond acceptors (Lipinski definition) is 9. The predicted octanol–water partition coefficient (Wildman–Crippen LogP) is 4.50. The Kier molecular flexibility index (Phi) is 6.66. The Morgan fingerprint density at radius 3 is 2.63 bits per heavy atom. The normalized spacial score (nSPS) is 21.9. The van der Waals surface area contributed by atoms with E-state index in [0.29, 0.717) is 63.8 Å². The summed E-state index contributed by atoms with van der Waals surface area (Å²) in [7, 11) is 0. The lowest BCUT2D eigenvalue weighted by Crippen LogP contribution is -2.52. The minimum atomic E-state index is -1.53. The molecule has 7 N–H and O–H groups in total. The third-order valence-corrected chi connectivity index (χ3v) is 9.26. The molecule has 41 heavy (non-hydrogen) atoms. The lowest BCUT2D eigenvalue weighted by atomic mass is 9.70. The quantitative estimate of drug-likeness (QED) is 0.203. The van der Waals surface area contributed by atoms with Crippen LogP contribution in [0, 0.1) is 24.3 Å². The maximum absolute atomic E-state index is 14.1. The number of hydrogen-bond donors (Lipinski definition) is 4. The van der Waals surface area contributed by atoms with E-state index in [1.165, 1.54) is 11.3 Å². The zero-order valence-corrected chi connectivity index (χ0v) is 23.3. The van der Waals surface area contributed by atoms with Gasteiger partial charge in [-0.1, -0.05) is 30.3 Å². The van der Waals surface area contributed by atoms with Crippen molar-refractivity contribution in [1.29, 1.82) is 5.26 Å². The molecule has 0 bridgehead atoms. The van der Waals surface area contributed by atoms with Gasteiger partial charge in [0, 0.05) is 29.7 Å².